The van der Waals surface area contributed by atoms with Crippen LogP contribution in [0.2, 0.25) is 0 Å². The standard InChI is InChI=1S/C21H43N5O4/c22-14-8-7-11-17(23)20(28)26-16-10-4-2-6-13-19(27)25-15-9-3-1-5-12-18(24)21(29)30/h17-18H,1-16,22-24H2,(H,25,27)(H,26,28)(H,29,30)/t17-,18-/m0/s1. The third-order valence-electron chi connectivity index (χ3n) is 5.02. The Morgan fingerprint density at radius 2 is 1.23 bits per heavy atom. The second kappa shape index (κ2) is 19.3. The van der Waals surface area contributed by atoms with E-state index in [1.807, 2.05) is 0 Å². The van der Waals surface area contributed by atoms with E-state index in [-0.39, 0.29) is 11.8 Å². The van der Waals surface area contributed by atoms with Gasteiger partial charge in [-0.1, -0.05) is 38.5 Å². The van der Waals surface area contributed by atoms with Crippen molar-refractivity contribution in [2.75, 3.05) is 19.6 Å². The van der Waals surface area contributed by atoms with E-state index >= 15 is 0 Å². The van der Waals surface area contributed by atoms with E-state index in [4.69, 9.17) is 22.3 Å². The summed E-state index contributed by atoms with van der Waals surface area (Å²) in [6.45, 7) is 1.90. The van der Waals surface area contributed by atoms with Crippen LogP contribution in [0.15, 0.2) is 0 Å². The summed E-state index contributed by atoms with van der Waals surface area (Å²) in [5, 5.41) is 14.5. The first-order chi connectivity index (χ1) is 14.4. The van der Waals surface area contributed by atoms with Crippen LogP contribution in [0.3, 0.4) is 0 Å². The SMILES string of the molecule is NCCCC[C@H](N)C(=O)NCCCCCCC(=O)NCCCCCC[C@H](N)C(=O)O. The van der Waals surface area contributed by atoms with Crippen LogP contribution in [0.4, 0.5) is 0 Å². The van der Waals surface area contributed by atoms with Crippen LogP contribution in [0.1, 0.15) is 83.5 Å². The molecular weight excluding hydrogens is 386 g/mol. The molecule has 0 aliphatic carbocycles. The van der Waals surface area contributed by atoms with Gasteiger partial charge in [-0.15, -0.1) is 0 Å². The summed E-state index contributed by atoms with van der Waals surface area (Å²) in [6, 6.07) is -1.23. The normalized spacial score (nSPS) is 12.9. The summed E-state index contributed by atoms with van der Waals surface area (Å²) in [5.74, 6) is -0.985. The van der Waals surface area contributed by atoms with Gasteiger partial charge in [0.05, 0.1) is 6.04 Å². The highest BCUT2D eigenvalue weighted by molar-refractivity contribution is 5.81. The largest absolute Gasteiger partial charge is 0.480 e. The van der Waals surface area contributed by atoms with E-state index in [0.29, 0.717) is 38.9 Å². The van der Waals surface area contributed by atoms with Gasteiger partial charge < -0.3 is 32.9 Å². The van der Waals surface area contributed by atoms with Gasteiger partial charge >= 0.3 is 5.97 Å². The van der Waals surface area contributed by atoms with Gasteiger partial charge in [0.25, 0.3) is 0 Å². The van der Waals surface area contributed by atoms with Crippen LogP contribution in [-0.2, 0) is 14.4 Å². The average molecular weight is 430 g/mol. The van der Waals surface area contributed by atoms with E-state index in [9.17, 15) is 14.4 Å². The molecule has 0 saturated carbocycles. The van der Waals surface area contributed by atoms with Gasteiger partial charge in [0.1, 0.15) is 6.04 Å². The van der Waals surface area contributed by atoms with Crippen LogP contribution in [0.5, 0.6) is 0 Å². The number of unbranched alkanes of at least 4 members (excludes halogenated alkanes) is 7. The molecule has 0 aromatic carbocycles. The van der Waals surface area contributed by atoms with Crippen molar-refractivity contribution < 1.29 is 19.5 Å². The molecule has 0 aliphatic rings. The zero-order valence-corrected chi connectivity index (χ0v) is 18.4. The highest BCUT2D eigenvalue weighted by atomic mass is 16.4. The smallest absolute Gasteiger partial charge is 0.320 e. The molecule has 0 aromatic rings. The topological polar surface area (TPSA) is 174 Å². The van der Waals surface area contributed by atoms with E-state index < -0.39 is 18.1 Å². The molecule has 176 valence electrons. The number of carboxylic acids is 1. The Hall–Kier alpha value is -1.71. The number of carboxylic acid groups (broad SMARTS) is 1. The number of nitrogens with two attached hydrogens (primary N) is 3. The molecule has 0 aliphatic heterocycles. The van der Waals surface area contributed by atoms with Crippen molar-refractivity contribution in [3.63, 3.8) is 0 Å². The Bertz CT molecular complexity index is 476. The fraction of sp³-hybridized carbons (Fsp3) is 0.857. The molecule has 9 N–H and O–H groups in total. The van der Waals surface area contributed by atoms with Crippen molar-refractivity contribution in [3.8, 4) is 0 Å². The molecule has 9 heteroatoms. The van der Waals surface area contributed by atoms with Crippen LogP contribution in [-0.4, -0.2) is 54.6 Å². The zero-order chi connectivity index (χ0) is 22.6. The summed E-state index contributed by atoms with van der Waals surface area (Å²) in [6.07, 6.45) is 10.6. The highest BCUT2D eigenvalue weighted by Crippen LogP contribution is 2.06. The summed E-state index contributed by atoms with van der Waals surface area (Å²) in [7, 11) is 0. The maximum Gasteiger partial charge on any atom is 0.320 e. The number of carbonyl (C=O) groups is 3. The molecule has 0 spiro atoms. The third kappa shape index (κ3) is 17.2. The van der Waals surface area contributed by atoms with E-state index in [1.54, 1.807) is 0 Å². The second-order valence-electron chi connectivity index (χ2n) is 7.84. The molecule has 0 radical (unpaired) electrons. The molecule has 0 heterocycles. The molecule has 9 nitrogen and oxygen atoms in total. The van der Waals surface area contributed by atoms with Crippen LogP contribution >= 0.6 is 0 Å². The minimum absolute atomic E-state index is 0.0691. The van der Waals surface area contributed by atoms with Gasteiger partial charge in [-0.25, -0.2) is 0 Å². The van der Waals surface area contributed by atoms with E-state index in [0.717, 1.165) is 64.2 Å². The van der Waals surface area contributed by atoms with Crippen molar-refractivity contribution >= 4 is 17.8 Å². The van der Waals surface area contributed by atoms with Gasteiger partial charge in [-0.05, 0) is 45.1 Å². The molecule has 30 heavy (non-hydrogen) atoms. The first kappa shape index (κ1) is 28.3. The van der Waals surface area contributed by atoms with Gasteiger partial charge in [0.2, 0.25) is 11.8 Å². The summed E-state index contributed by atoms with van der Waals surface area (Å²) < 4.78 is 0. The minimum Gasteiger partial charge on any atom is -0.480 e. The Balaban J connectivity index is 3.43. The number of nitrogens with one attached hydrogen (secondary N) is 2. The van der Waals surface area contributed by atoms with Crippen molar-refractivity contribution in [2.45, 2.75) is 95.6 Å². The Morgan fingerprint density at radius 1 is 0.700 bits per heavy atom. The van der Waals surface area contributed by atoms with Gasteiger partial charge in [0, 0.05) is 19.5 Å². The van der Waals surface area contributed by atoms with Gasteiger partial charge in [-0.2, -0.15) is 0 Å². The van der Waals surface area contributed by atoms with Gasteiger partial charge in [0.15, 0.2) is 0 Å². The molecule has 0 rings (SSSR count). The molecule has 2 amide bonds. The second-order valence-corrected chi connectivity index (χ2v) is 7.84. The number of aliphatic carboxylic acids is 1. The Morgan fingerprint density at radius 3 is 1.87 bits per heavy atom. The quantitative estimate of drug-likeness (QED) is 0.156. The maximum absolute atomic E-state index is 11.8. The van der Waals surface area contributed by atoms with Crippen molar-refractivity contribution in [3.05, 3.63) is 0 Å². The first-order valence-corrected chi connectivity index (χ1v) is 11.4. The molecule has 0 unspecified atom stereocenters. The Labute approximate surface area is 180 Å². The van der Waals surface area contributed by atoms with Crippen LogP contribution < -0.4 is 27.8 Å². The molecule has 0 saturated heterocycles. The van der Waals surface area contributed by atoms with Crippen molar-refractivity contribution in [1.29, 1.82) is 0 Å². The molecule has 0 fully saturated rings. The predicted molar refractivity (Wildman–Crippen MR) is 119 cm³/mol. The lowest BCUT2D eigenvalue weighted by molar-refractivity contribution is -0.138. The highest BCUT2D eigenvalue weighted by Gasteiger charge is 2.12. The fourth-order valence-electron chi connectivity index (χ4n) is 3.03. The number of carbonyl (C=O) groups excluding carboxylic acids is 2. The molecular formula is C21H43N5O4. The molecule has 0 bridgehead atoms. The van der Waals surface area contributed by atoms with Crippen LogP contribution in [0.25, 0.3) is 0 Å². The number of hydrogen-bond acceptors (Lipinski definition) is 6. The number of hydrogen-bond donors (Lipinski definition) is 6. The maximum atomic E-state index is 11.8. The van der Waals surface area contributed by atoms with Crippen molar-refractivity contribution in [1.82, 2.24) is 10.6 Å². The lowest BCUT2D eigenvalue weighted by Gasteiger charge is -2.11. The van der Waals surface area contributed by atoms with Gasteiger partial charge in [-0.3, -0.25) is 14.4 Å². The summed E-state index contributed by atoms with van der Waals surface area (Å²) in [5.41, 5.74) is 16.7. The lowest BCUT2D eigenvalue weighted by Crippen LogP contribution is -2.40. The monoisotopic (exact) mass is 429 g/mol. The first-order valence-electron chi connectivity index (χ1n) is 11.4. The fourth-order valence-corrected chi connectivity index (χ4v) is 3.03. The molecule has 2 atom stereocenters. The van der Waals surface area contributed by atoms with E-state index in [2.05, 4.69) is 10.6 Å². The van der Waals surface area contributed by atoms with Crippen molar-refractivity contribution in [2.24, 2.45) is 17.2 Å². The predicted octanol–water partition coefficient (Wildman–Crippen LogP) is 0.988. The van der Waals surface area contributed by atoms with Crippen LogP contribution in [0, 0.1) is 0 Å². The lowest BCUT2D eigenvalue weighted by atomic mass is 10.1. The number of amides is 2. The average Bonchev–Trinajstić information content (AvgIpc) is 2.71. The summed E-state index contributed by atoms with van der Waals surface area (Å²) >= 11 is 0. The molecule has 0 aromatic heterocycles. The zero-order valence-electron chi connectivity index (χ0n) is 18.4. The third-order valence-corrected chi connectivity index (χ3v) is 5.02. The minimum atomic E-state index is -0.953. The summed E-state index contributed by atoms with van der Waals surface area (Å²) in [4.78, 5) is 34.2. The number of rotatable bonds is 20. The Kier molecular flexibility index (Phi) is 18.2. The van der Waals surface area contributed by atoms with E-state index in [1.165, 1.54) is 0 Å².